The number of nitrogens with zero attached hydrogens (tertiary/aromatic N) is 1. The van der Waals surface area contributed by atoms with Crippen molar-refractivity contribution in [2.24, 2.45) is 28.1 Å². The highest BCUT2D eigenvalue weighted by Gasteiger charge is 2.31. The van der Waals surface area contributed by atoms with Gasteiger partial charge in [-0.15, -0.1) is 0 Å². The number of thioether (sulfide) groups is 1. The number of nitrogens with two attached hydrogens (primary N) is 3. The second-order valence-corrected chi connectivity index (χ2v) is 9.45. The third-order valence-corrected chi connectivity index (χ3v) is 5.70. The molecule has 14 nitrogen and oxygen atoms in total. The monoisotopic (exact) mass is 533 g/mol. The zero-order valence-electron chi connectivity index (χ0n) is 20.9. The van der Waals surface area contributed by atoms with Gasteiger partial charge in [-0.25, -0.2) is 4.79 Å². The summed E-state index contributed by atoms with van der Waals surface area (Å²) in [6, 6.07) is -4.48. The quantitative estimate of drug-likeness (QED) is 0.0553. The number of carboxylic acid groups (broad SMARTS) is 2. The van der Waals surface area contributed by atoms with E-state index in [1.54, 1.807) is 13.8 Å². The van der Waals surface area contributed by atoms with Gasteiger partial charge in [-0.2, -0.15) is 11.8 Å². The Morgan fingerprint density at radius 3 is 1.94 bits per heavy atom. The number of rotatable bonds is 18. The van der Waals surface area contributed by atoms with Crippen LogP contribution in [0, 0.1) is 5.92 Å². The van der Waals surface area contributed by atoms with Crippen molar-refractivity contribution < 1.29 is 34.2 Å². The van der Waals surface area contributed by atoms with Crippen LogP contribution in [0.3, 0.4) is 0 Å². The molecule has 0 rings (SSSR count). The van der Waals surface area contributed by atoms with Crippen LogP contribution in [0.1, 0.15) is 46.0 Å². The van der Waals surface area contributed by atoms with Gasteiger partial charge in [0.1, 0.15) is 18.1 Å². The van der Waals surface area contributed by atoms with E-state index in [-0.39, 0.29) is 38.2 Å². The standard InChI is InChI=1S/C21H39N7O7S/c1-11(2)16(20(34)35)28-19(33)13(5-4-9-25-21(23)24)27-18(32)14(8-10-36-3)26-17(31)12(22)6-7-15(29)30/h11-14,16H,4-10,22H2,1-3H3,(H,26,31)(H,27,32)(H,28,33)(H,29,30)(H,34,35)(H4,23,24,25). The normalized spacial score (nSPS) is 14.1. The molecule has 3 amide bonds. The summed E-state index contributed by atoms with van der Waals surface area (Å²) in [4.78, 5) is 64.5. The van der Waals surface area contributed by atoms with Gasteiger partial charge in [0.05, 0.1) is 6.04 Å². The Kier molecular flexibility index (Phi) is 15.9. The maximum Gasteiger partial charge on any atom is 0.326 e. The van der Waals surface area contributed by atoms with Crippen LogP contribution in [0.15, 0.2) is 4.99 Å². The van der Waals surface area contributed by atoms with E-state index in [2.05, 4.69) is 20.9 Å². The maximum absolute atomic E-state index is 13.0. The second kappa shape index (κ2) is 17.4. The molecule has 15 heteroatoms. The van der Waals surface area contributed by atoms with Crippen LogP contribution in [0.4, 0.5) is 0 Å². The van der Waals surface area contributed by atoms with Gasteiger partial charge in [0.15, 0.2) is 5.96 Å². The van der Waals surface area contributed by atoms with Crippen molar-refractivity contribution in [2.75, 3.05) is 18.6 Å². The van der Waals surface area contributed by atoms with E-state index in [9.17, 15) is 29.1 Å². The van der Waals surface area contributed by atoms with Crippen LogP contribution in [0.5, 0.6) is 0 Å². The van der Waals surface area contributed by atoms with E-state index in [1.165, 1.54) is 11.8 Å². The number of carbonyl (C=O) groups is 5. The first-order valence-electron chi connectivity index (χ1n) is 11.5. The molecule has 0 radical (unpaired) electrons. The van der Waals surface area contributed by atoms with Crippen molar-refractivity contribution in [3.05, 3.63) is 0 Å². The summed E-state index contributed by atoms with van der Waals surface area (Å²) in [7, 11) is 0. The van der Waals surface area contributed by atoms with Gasteiger partial charge in [-0.3, -0.25) is 24.2 Å². The summed E-state index contributed by atoms with van der Waals surface area (Å²) in [5, 5.41) is 25.7. The van der Waals surface area contributed by atoms with Gasteiger partial charge in [0.2, 0.25) is 17.7 Å². The lowest BCUT2D eigenvalue weighted by molar-refractivity contribution is -0.143. The fraction of sp³-hybridized carbons (Fsp3) is 0.714. The molecule has 0 fully saturated rings. The predicted octanol–water partition coefficient (Wildman–Crippen LogP) is -1.82. The number of guanidine groups is 1. The van der Waals surface area contributed by atoms with Gasteiger partial charge in [-0.05, 0) is 43.6 Å². The average Bonchev–Trinajstić information content (AvgIpc) is 2.79. The van der Waals surface area contributed by atoms with Gasteiger partial charge in [0, 0.05) is 13.0 Å². The first-order valence-corrected chi connectivity index (χ1v) is 12.8. The smallest absolute Gasteiger partial charge is 0.326 e. The minimum atomic E-state index is -1.22. The molecule has 36 heavy (non-hydrogen) atoms. The second-order valence-electron chi connectivity index (χ2n) is 8.46. The van der Waals surface area contributed by atoms with Crippen molar-refractivity contribution in [1.29, 1.82) is 0 Å². The minimum absolute atomic E-state index is 0.0973. The zero-order chi connectivity index (χ0) is 27.8. The molecular weight excluding hydrogens is 494 g/mol. The molecule has 0 aromatic rings. The molecule has 0 aliphatic rings. The number of carbonyl (C=O) groups excluding carboxylic acids is 3. The van der Waals surface area contributed by atoms with E-state index in [1.807, 2.05) is 6.26 Å². The van der Waals surface area contributed by atoms with Crippen LogP contribution in [0.25, 0.3) is 0 Å². The maximum atomic E-state index is 13.0. The molecule has 0 saturated heterocycles. The molecule has 0 aliphatic carbocycles. The lowest BCUT2D eigenvalue weighted by atomic mass is 10.0. The highest BCUT2D eigenvalue weighted by molar-refractivity contribution is 7.98. The Labute approximate surface area is 214 Å². The summed E-state index contributed by atoms with van der Waals surface area (Å²) in [5.74, 6) is -4.44. The summed E-state index contributed by atoms with van der Waals surface area (Å²) in [6.45, 7) is 3.44. The number of hydrogen-bond donors (Lipinski definition) is 8. The van der Waals surface area contributed by atoms with Crippen molar-refractivity contribution in [3.63, 3.8) is 0 Å². The summed E-state index contributed by atoms with van der Waals surface area (Å²) in [6.07, 6.45) is 2.01. The van der Waals surface area contributed by atoms with E-state index in [4.69, 9.17) is 22.3 Å². The van der Waals surface area contributed by atoms with Gasteiger partial charge < -0.3 is 43.4 Å². The van der Waals surface area contributed by atoms with E-state index >= 15 is 0 Å². The lowest BCUT2D eigenvalue weighted by Gasteiger charge is -2.26. The van der Waals surface area contributed by atoms with Crippen molar-refractivity contribution in [3.8, 4) is 0 Å². The fourth-order valence-corrected chi connectivity index (χ4v) is 3.48. The molecule has 0 aromatic carbocycles. The molecule has 4 unspecified atom stereocenters. The average molecular weight is 534 g/mol. The molecule has 11 N–H and O–H groups in total. The highest BCUT2D eigenvalue weighted by Crippen LogP contribution is 2.08. The number of carboxylic acids is 2. The molecular formula is C21H39N7O7S. The van der Waals surface area contributed by atoms with Gasteiger partial charge in [-0.1, -0.05) is 13.8 Å². The zero-order valence-corrected chi connectivity index (χ0v) is 21.7. The molecule has 0 spiro atoms. The lowest BCUT2D eigenvalue weighted by Crippen LogP contribution is -2.57. The number of amides is 3. The molecule has 206 valence electrons. The minimum Gasteiger partial charge on any atom is -0.481 e. The third-order valence-electron chi connectivity index (χ3n) is 5.06. The van der Waals surface area contributed by atoms with Gasteiger partial charge in [0.25, 0.3) is 0 Å². The van der Waals surface area contributed by atoms with Crippen molar-refractivity contribution in [2.45, 2.75) is 70.1 Å². The first-order chi connectivity index (χ1) is 16.8. The molecule has 0 aromatic heterocycles. The van der Waals surface area contributed by atoms with Gasteiger partial charge >= 0.3 is 11.9 Å². The van der Waals surface area contributed by atoms with Crippen molar-refractivity contribution >= 4 is 47.4 Å². The molecule has 0 bridgehead atoms. The van der Waals surface area contributed by atoms with E-state index in [0.29, 0.717) is 12.2 Å². The molecule has 0 saturated carbocycles. The van der Waals surface area contributed by atoms with Crippen LogP contribution in [-0.4, -0.2) is 88.6 Å². The molecule has 4 atom stereocenters. The number of hydrogen-bond acceptors (Lipinski definition) is 8. The first kappa shape index (κ1) is 32.9. The molecule has 0 heterocycles. The summed E-state index contributed by atoms with van der Waals surface area (Å²) < 4.78 is 0. The summed E-state index contributed by atoms with van der Waals surface area (Å²) in [5.41, 5.74) is 16.4. The van der Waals surface area contributed by atoms with Crippen LogP contribution >= 0.6 is 11.8 Å². The SMILES string of the molecule is CSCCC(NC(=O)C(N)CCC(=O)O)C(=O)NC(CCCN=C(N)N)C(=O)NC(C(=O)O)C(C)C. The highest BCUT2D eigenvalue weighted by atomic mass is 32.2. The van der Waals surface area contributed by atoms with Crippen molar-refractivity contribution in [1.82, 2.24) is 16.0 Å². The Morgan fingerprint density at radius 2 is 1.44 bits per heavy atom. The van der Waals surface area contributed by atoms with E-state index in [0.717, 1.165) is 0 Å². The number of aliphatic imine (C=N–C) groups is 1. The number of nitrogens with one attached hydrogen (secondary N) is 3. The van der Waals surface area contributed by atoms with Crippen LogP contribution in [0.2, 0.25) is 0 Å². The Morgan fingerprint density at radius 1 is 0.889 bits per heavy atom. The Hall–Kier alpha value is -3.07. The molecule has 0 aliphatic heterocycles. The fourth-order valence-electron chi connectivity index (χ4n) is 3.01. The van der Waals surface area contributed by atoms with Crippen LogP contribution < -0.4 is 33.2 Å². The Balaban J connectivity index is 5.56. The Bertz CT molecular complexity index is 791. The third kappa shape index (κ3) is 13.7. The van der Waals surface area contributed by atoms with Crippen LogP contribution in [-0.2, 0) is 24.0 Å². The van der Waals surface area contributed by atoms with E-state index < -0.39 is 59.7 Å². The topological polar surface area (TPSA) is 252 Å². The largest absolute Gasteiger partial charge is 0.481 e. The summed E-state index contributed by atoms with van der Waals surface area (Å²) >= 11 is 1.43. The predicted molar refractivity (Wildman–Crippen MR) is 136 cm³/mol. The number of aliphatic carboxylic acids is 2.